The second-order valence-electron chi connectivity index (χ2n) is 10.7. The minimum Gasteiger partial charge on any atom is -0.495 e. The van der Waals surface area contributed by atoms with Gasteiger partial charge >= 0.3 is 0 Å². The van der Waals surface area contributed by atoms with Gasteiger partial charge in [-0.05, 0) is 50.7 Å². The van der Waals surface area contributed by atoms with Crippen molar-refractivity contribution < 1.29 is 23.5 Å². The molecule has 1 aromatic heterocycles. The third-order valence-electron chi connectivity index (χ3n) is 7.84. The SMILES string of the molecule is CCN(C(=O)c1ccc(Nc2ncc(C(C)=O)c(Nc3cccc4c3C(=O)N(CCF)C4)n2)c(OC)c1)N1CCN(C)CC1. The zero-order valence-corrected chi connectivity index (χ0v) is 25.4. The summed E-state index contributed by atoms with van der Waals surface area (Å²) in [4.78, 5) is 51.5. The Bertz CT molecular complexity index is 1560. The third kappa shape index (κ3) is 6.33. The summed E-state index contributed by atoms with van der Waals surface area (Å²) in [6.07, 6.45) is 1.40. The fourth-order valence-electron chi connectivity index (χ4n) is 5.44. The molecule has 232 valence electrons. The fourth-order valence-corrected chi connectivity index (χ4v) is 5.44. The van der Waals surface area contributed by atoms with E-state index in [-0.39, 0.29) is 41.5 Å². The summed E-state index contributed by atoms with van der Waals surface area (Å²) in [5.41, 5.74) is 2.87. The molecule has 2 aliphatic rings. The normalized spacial score (nSPS) is 15.2. The summed E-state index contributed by atoms with van der Waals surface area (Å²) >= 11 is 0. The summed E-state index contributed by atoms with van der Waals surface area (Å²) < 4.78 is 18.6. The summed E-state index contributed by atoms with van der Waals surface area (Å²) in [6, 6.07) is 10.4. The number of rotatable bonds is 11. The molecule has 1 saturated heterocycles. The highest BCUT2D eigenvalue weighted by Crippen LogP contribution is 2.33. The van der Waals surface area contributed by atoms with Gasteiger partial charge in [0.05, 0.1) is 29.6 Å². The second kappa shape index (κ2) is 13.3. The van der Waals surface area contributed by atoms with Crippen LogP contribution in [0.1, 0.15) is 50.5 Å². The average molecular weight is 605 g/mol. The molecule has 1 fully saturated rings. The van der Waals surface area contributed by atoms with E-state index in [0.717, 1.165) is 31.7 Å². The molecular formula is C31H37FN8O4. The monoisotopic (exact) mass is 604 g/mol. The maximum Gasteiger partial charge on any atom is 0.268 e. The quantitative estimate of drug-likeness (QED) is 0.313. The molecule has 5 rings (SSSR count). The molecule has 0 unspecified atom stereocenters. The Kier molecular flexibility index (Phi) is 9.35. The molecule has 2 aromatic carbocycles. The maximum atomic E-state index is 13.5. The van der Waals surface area contributed by atoms with Crippen molar-refractivity contribution >= 4 is 40.7 Å². The van der Waals surface area contributed by atoms with E-state index in [9.17, 15) is 18.8 Å². The van der Waals surface area contributed by atoms with Crippen molar-refractivity contribution in [1.29, 1.82) is 0 Å². The molecule has 0 atom stereocenters. The largest absolute Gasteiger partial charge is 0.495 e. The summed E-state index contributed by atoms with van der Waals surface area (Å²) in [5, 5.41) is 10.1. The number of halogens is 1. The highest BCUT2D eigenvalue weighted by Gasteiger charge is 2.30. The first-order valence-electron chi connectivity index (χ1n) is 14.6. The molecule has 44 heavy (non-hydrogen) atoms. The van der Waals surface area contributed by atoms with Crippen LogP contribution in [-0.2, 0) is 6.54 Å². The standard InChI is InChI=1S/C31H37FN8O4/c1-5-40(39-15-13-37(3)14-16-39)29(42)21-9-10-24(26(17-21)44-4)35-31-33-18-23(20(2)41)28(36-31)34-25-8-6-7-22-19-38(12-11-32)30(43)27(22)25/h6-10,17-18H,5,11-16,19H2,1-4H3,(H2,33,34,35,36). The van der Waals surface area contributed by atoms with E-state index in [4.69, 9.17) is 4.74 Å². The fraction of sp³-hybridized carbons (Fsp3) is 0.387. The topological polar surface area (TPSA) is 123 Å². The number of amides is 2. The van der Waals surface area contributed by atoms with Gasteiger partial charge < -0.3 is 25.2 Å². The first-order chi connectivity index (χ1) is 21.2. The molecule has 3 aromatic rings. The summed E-state index contributed by atoms with van der Waals surface area (Å²) in [6.45, 7) is 6.90. The molecule has 0 radical (unpaired) electrons. The highest BCUT2D eigenvalue weighted by molar-refractivity contribution is 6.05. The van der Waals surface area contributed by atoms with Crippen LogP contribution in [0.25, 0.3) is 0 Å². The van der Waals surface area contributed by atoms with Crippen molar-refractivity contribution in [2.75, 3.05) is 70.7 Å². The minimum absolute atomic E-state index is 0.00573. The van der Waals surface area contributed by atoms with Gasteiger partial charge in [0, 0.05) is 57.6 Å². The van der Waals surface area contributed by atoms with E-state index in [1.807, 2.05) is 13.0 Å². The predicted octanol–water partition coefficient (Wildman–Crippen LogP) is 3.72. The lowest BCUT2D eigenvalue weighted by atomic mass is 10.1. The van der Waals surface area contributed by atoms with Gasteiger partial charge in [0.25, 0.3) is 11.8 Å². The number of ketones is 1. The smallest absolute Gasteiger partial charge is 0.268 e. The van der Waals surface area contributed by atoms with Crippen LogP contribution < -0.4 is 15.4 Å². The second-order valence-corrected chi connectivity index (χ2v) is 10.7. The molecule has 12 nitrogen and oxygen atoms in total. The van der Waals surface area contributed by atoms with Gasteiger partial charge in [-0.1, -0.05) is 12.1 Å². The van der Waals surface area contributed by atoms with Gasteiger partial charge in [0.2, 0.25) is 5.95 Å². The van der Waals surface area contributed by atoms with Crippen molar-refractivity contribution in [2.45, 2.75) is 20.4 Å². The van der Waals surface area contributed by atoms with Gasteiger partial charge in [-0.25, -0.2) is 14.4 Å². The van der Waals surface area contributed by atoms with Crippen LogP contribution >= 0.6 is 0 Å². The first-order valence-corrected chi connectivity index (χ1v) is 14.6. The van der Waals surface area contributed by atoms with Crippen molar-refractivity contribution in [3.63, 3.8) is 0 Å². The van der Waals surface area contributed by atoms with Crippen LogP contribution in [0.15, 0.2) is 42.6 Å². The Balaban J connectivity index is 1.39. The summed E-state index contributed by atoms with van der Waals surface area (Å²) in [5.74, 6) is 0.116. The number of likely N-dealkylation sites (N-methyl/N-ethyl adjacent to an activating group) is 1. The molecule has 3 heterocycles. The Hall–Kier alpha value is -4.62. The number of carbonyl (C=O) groups is 3. The number of benzene rings is 2. The van der Waals surface area contributed by atoms with Crippen LogP contribution in [0.4, 0.5) is 27.5 Å². The van der Waals surface area contributed by atoms with Crippen LogP contribution in [0.3, 0.4) is 0 Å². The third-order valence-corrected chi connectivity index (χ3v) is 7.84. The number of piperazine rings is 1. The van der Waals surface area contributed by atoms with E-state index in [1.54, 1.807) is 35.3 Å². The number of hydrogen-bond acceptors (Lipinski definition) is 10. The predicted molar refractivity (Wildman–Crippen MR) is 165 cm³/mol. The number of aromatic nitrogens is 2. The number of nitrogens with zero attached hydrogens (tertiary/aromatic N) is 6. The van der Waals surface area contributed by atoms with Gasteiger partial charge in [-0.3, -0.25) is 19.4 Å². The minimum atomic E-state index is -0.635. The van der Waals surface area contributed by atoms with Gasteiger partial charge in [-0.15, -0.1) is 0 Å². The summed E-state index contributed by atoms with van der Waals surface area (Å²) in [7, 11) is 3.58. The number of alkyl halides is 1. The Morgan fingerprint density at radius 3 is 2.55 bits per heavy atom. The number of ether oxygens (including phenoxy) is 1. The first kappa shape index (κ1) is 30.8. The van der Waals surface area contributed by atoms with Crippen molar-refractivity contribution in [2.24, 2.45) is 0 Å². The van der Waals surface area contributed by atoms with Crippen LogP contribution in [0.5, 0.6) is 5.75 Å². The molecule has 2 N–H and O–H groups in total. The number of Topliss-reactive ketones (excluding diaryl/α,β-unsaturated/α-hetero) is 1. The molecule has 0 bridgehead atoms. The Morgan fingerprint density at radius 2 is 1.86 bits per heavy atom. The van der Waals surface area contributed by atoms with E-state index in [1.165, 1.54) is 25.1 Å². The average Bonchev–Trinajstić information content (AvgIpc) is 3.34. The van der Waals surface area contributed by atoms with E-state index >= 15 is 0 Å². The number of carbonyl (C=O) groups excluding carboxylic acids is 3. The molecule has 2 aliphatic heterocycles. The lowest BCUT2D eigenvalue weighted by Crippen LogP contribution is -2.54. The lowest BCUT2D eigenvalue weighted by molar-refractivity contribution is -0.0308. The highest BCUT2D eigenvalue weighted by atomic mass is 19.1. The molecule has 0 aliphatic carbocycles. The van der Waals surface area contributed by atoms with E-state index in [0.29, 0.717) is 41.3 Å². The maximum absolute atomic E-state index is 13.5. The van der Waals surface area contributed by atoms with Gasteiger partial charge in [0.1, 0.15) is 18.2 Å². The molecular weight excluding hydrogens is 567 g/mol. The van der Waals surface area contributed by atoms with Crippen molar-refractivity contribution in [3.8, 4) is 5.75 Å². The number of methoxy groups -OCH3 is 1. The molecule has 2 amide bonds. The van der Waals surface area contributed by atoms with E-state index in [2.05, 4.69) is 37.6 Å². The molecule has 13 heteroatoms. The zero-order chi connectivity index (χ0) is 31.4. The number of nitrogens with one attached hydrogen (secondary N) is 2. The van der Waals surface area contributed by atoms with E-state index < -0.39 is 6.67 Å². The zero-order valence-electron chi connectivity index (χ0n) is 25.4. The number of hydrogen-bond donors (Lipinski definition) is 2. The van der Waals surface area contributed by atoms with Crippen LogP contribution in [0.2, 0.25) is 0 Å². The van der Waals surface area contributed by atoms with Crippen LogP contribution in [-0.4, -0.2) is 107 Å². The number of anilines is 4. The Labute approximate surface area is 255 Å². The van der Waals surface area contributed by atoms with Crippen molar-refractivity contribution in [3.05, 3.63) is 64.8 Å². The molecule has 0 spiro atoms. The van der Waals surface area contributed by atoms with Gasteiger partial charge in [-0.2, -0.15) is 4.98 Å². The van der Waals surface area contributed by atoms with Crippen molar-refractivity contribution in [1.82, 2.24) is 29.8 Å². The van der Waals surface area contributed by atoms with Gasteiger partial charge in [0.15, 0.2) is 5.78 Å². The van der Waals surface area contributed by atoms with Crippen LogP contribution in [0, 0.1) is 0 Å². The Morgan fingerprint density at radius 1 is 1.09 bits per heavy atom. The number of fused-ring (bicyclic) bond motifs is 1. The number of hydrazine groups is 1. The lowest BCUT2D eigenvalue weighted by Gasteiger charge is -2.39. The molecule has 0 saturated carbocycles.